The van der Waals surface area contributed by atoms with E-state index in [0.29, 0.717) is 12.1 Å². The first-order chi connectivity index (χ1) is 7.40. The Labute approximate surface area is 91.9 Å². The molecule has 0 bridgehead atoms. The molecule has 0 amide bonds. The zero-order valence-corrected chi connectivity index (χ0v) is 9.41. The molecular formula is C12H22N2O. The van der Waals surface area contributed by atoms with E-state index in [-0.39, 0.29) is 0 Å². The largest absolute Gasteiger partial charge is 0.411 e. The summed E-state index contributed by atoms with van der Waals surface area (Å²) in [5.74, 6) is 0. The highest BCUT2D eigenvalue weighted by Gasteiger charge is 2.24. The van der Waals surface area contributed by atoms with Crippen molar-refractivity contribution in [2.24, 2.45) is 5.16 Å². The van der Waals surface area contributed by atoms with Crippen molar-refractivity contribution in [2.45, 2.75) is 69.9 Å². The molecule has 15 heavy (non-hydrogen) atoms. The summed E-state index contributed by atoms with van der Waals surface area (Å²) in [6.07, 6.45) is 11.3. The molecule has 0 unspecified atom stereocenters. The van der Waals surface area contributed by atoms with Crippen LogP contribution in [0.5, 0.6) is 0 Å². The molecule has 2 aliphatic carbocycles. The first-order valence-corrected chi connectivity index (χ1v) is 6.37. The summed E-state index contributed by atoms with van der Waals surface area (Å²) in [5, 5.41) is 16.1. The van der Waals surface area contributed by atoms with Gasteiger partial charge in [0, 0.05) is 12.1 Å². The third-order valence-corrected chi connectivity index (χ3v) is 3.75. The van der Waals surface area contributed by atoms with E-state index in [2.05, 4.69) is 10.5 Å². The van der Waals surface area contributed by atoms with Crippen molar-refractivity contribution in [3.05, 3.63) is 0 Å². The van der Waals surface area contributed by atoms with E-state index in [1.165, 1.54) is 44.9 Å². The monoisotopic (exact) mass is 210 g/mol. The van der Waals surface area contributed by atoms with Crippen molar-refractivity contribution < 1.29 is 5.21 Å². The van der Waals surface area contributed by atoms with E-state index in [9.17, 15) is 0 Å². The van der Waals surface area contributed by atoms with Gasteiger partial charge in [-0.15, -0.1) is 0 Å². The highest BCUT2D eigenvalue weighted by atomic mass is 16.4. The van der Waals surface area contributed by atoms with Crippen molar-refractivity contribution in [3.8, 4) is 0 Å². The predicted molar refractivity (Wildman–Crippen MR) is 61.5 cm³/mol. The lowest BCUT2D eigenvalue weighted by molar-refractivity contribution is 0.301. The Bertz CT molecular complexity index is 222. The highest BCUT2D eigenvalue weighted by molar-refractivity contribution is 5.89. The highest BCUT2D eigenvalue weighted by Crippen LogP contribution is 2.21. The van der Waals surface area contributed by atoms with Crippen LogP contribution in [0.1, 0.15) is 57.8 Å². The molecule has 3 nitrogen and oxygen atoms in total. The number of rotatable bonds is 2. The fourth-order valence-corrected chi connectivity index (χ4v) is 2.85. The summed E-state index contributed by atoms with van der Waals surface area (Å²) in [6, 6.07) is 1.02. The Morgan fingerprint density at radius 1 is 1.00 bits per heavy atom. The molecule has 2 aliphatic rings. The van der Waals surface area contributed by atoms with Crippen LogP contribution in [0.25, 0.3) is 0 Å². The van der Waals surface area contributed by atoms with Gasteiger partial charge in [-0.2, -0.15) is 0 Å². The van der Waals surface area contributed by atoms with Crippen molar-refractivity contribution in [1.29, 1.82) is 0 Å². The van der Waals surface area contributed by atoms with E-state index in [0.717, 1.165) is 18.6 Å². The van der Waals surface area contributed by atoms with E-state index in [1.807, 2.05) is 0 Å². The maximum atomic E-state index is 8.94. The lowest BCUT2D eigenvalue weighted by Crippen LogP contribution is -2.45. The molecule has 0 aromatic heterocycles. The van der Waals surface area contributed by atoms with Crippen LogP contribution in [0, 0.1) is 0 Å². The molecule has 0 radical (unpaired) electrons. The molecule has 0 aromatic carbocycles. The third-order valence-electron chi connectivity index (χ3n) is 3.75. The molecular weight excluding hydrogens is 188 g/mol. The van der Waals surface area contributed by atoms with Crippen molar-refractivity contribution in [2.75, 3.05) is 0 Å². The van der Waals surface area contributed by atoms with Gasteiger partial charge in [0.25, 0.3) is 0 Å². The molecule has 0 heterocycles. The average molecular weight is 210 g/mol. The second-order valence-corrected chi connectivity index (χ2v) is 4.89. The van der Waals surface area contributed by atoms with Gasteiger partial charge < -0.3 is 10.5 Å². The van der Waals surface area contributed by atoms with Crippen LogP contribution >= 0.6 is 0 Å². The molecule has 86 valence electrons. The third kappa shape index (κ3) is 2.94. The van der Waals surface area contributed by atoms with E-state index < -0.39 is 0 Å². The number of nitrogens with zero attached hydrogens (tertiary/aromatic N) is 1. The van der Waals surface area contributed by atoms with Crippen LogP contribution in [-0.2, 0) is 0 Å². The number of hydrogen-bond acceptors (Lipinski definition) is 3. The minimum Gasteiger partial charge on any atom is -0.411 e. The number of hydrogen-bond donors (Lipinski definition) is 2. The smallest absolute Gasteiger partial charge is 0.0739 e. The average Bonchev–Trinajstić information content (AvgIpc) is 2.31. The summed E-state index contributed by atoms with van der Waals surface area (Å²) < 4.78 is 0. The first-order valence-electron chi connectivity index (χ1n) is 6.37. The van der Waals surface area contributed by atoms with Crippen molar-refractivity contribution >= 4 is 5.71 Å². The molecule has 0 saturated heterocycles. The van der Waals surface area contributed by atoms with E-state index in [1.54, 1.807) is 0 Å². The Morgan fingerprint density at radius 3 is 2.47 bits per heavy atom. The predicted octanol–water partition coefficient (Wildman–Crippen LogP) is 2.68. The van der Waals surface area contributed by atoms with Gasteiger partial charge in [-0.05, 0) is 32.1 Å². The van der Waals surface area contributed by atoms with Gasteiger partial charge in [0.15, 0.2) is 0 Å². The Morgan fingerprint density at radius 2 is 1.73 bits per heavy atom. The normalized spacial score (nSPS) is 32.0. The summed E-state index contributed by atoms with van der Waals surface area (Å²) in [5.41, 5.74) is 0.979. The quantitative estimate of drug-likeness (QED) is 0.543. The molecule has 2 N–H and O–H groups in total. The van der Waals surface area contributed by atoms with Crippen LogP contribution in [0.15, 0.2) is 5.16 Å². The summed E-state index contributed by atoms with van der Waals surface area (Å²) >= 11 is 0. The van der Waals surface area contributed by atoms with E-state index >= 15 is 0 Å². The molecule has 2 saturated carbocycles. The van der Waals surface area contributed by atoms with Crippen LogP contribution in [0.4, 0.5) is 0 Å². The molecule has 2 fully saturated rings. The van der Waals surface area contributed by atoms with Crippen LogP contribution < -0.4 is 5.32 Å². The minimum absolute atomic E-state index is 0.354. The van der Waals surface area contributed by atoms with Crippen LogP contribution in [-0.4, -0.2) is 23.0 Å². The first kappa shape index (κ1) is 10.9. The van der Waals surface area contributed by atoms with Crippen LogP contribution in [0.2, 0.25) is 0 Å². The van der Waals surface area contributed by atoms with Gasteiger partial charge in [0.2, 0.25) is 0 Å². The molecule has 0 aromatic rings. The topological polar surface area (TPSA) is 44.6 Å². The molecule has 3 heteroatoms. The van der Waals surface area contributed by atoms with Gasteiger partial charge in [-0.3, -0.25) is 0 Å². The van der Waals surface area contributed by atoms with Crippen molar-refractivity contribution in [3.63, 3.8) is 0 Å². The van der Waals surface area contributed by atoms with Gasteiger partial charge >= 0.3 is 0 Å². The van der Waals surface area contributed by atoms with Gasteiger partial charge in [0.05, 0.1) is 5.71 Å². The van der Waals surface area contributed by atoms with E-state index in [4.69, 9.17) is 5.21 Å². The summed E-state index contributed by atoms with van der Waals surface area (Å²) in [7, 11) is 0. The second-order valence-electron chi connectivity index (χ2n) is 4.89. The molecule has 0 spiro atoms. The van der Waals surface area contributed by atoms with Crippen molar-refractivity contribution in [1.82, 2.24) is 5.32 Å². The Balaban J connectivity index is 1.85. The molecule has 1 atom stereocenters. The number of oxime groups is 1. The molecule has 2 rings (SSSR count). The summed E-state index contributed by atoms with van der Waals surface area (Å²) in [6.45, 7) is 0. The SMILES string of the molecule is O/N=C1/CCCC[C@@H]1NC1CCCCC1. The lowest BCUT2D eigenvalue weighted by Gasteiger charge is -2.31. The summed E-state index contributed by atoms with van der Waals surface area (Å²) in [4.78, 5) is 0. The zero-order chi connectivity index (χ0) is 10.5. The minimum atomic E-state index is 0.354. The lowest BCUT2D eigenvalue weighted by atomic mass is 9.90. The zero-order valence-electron chi connectivity index (χ0n) is 9.41. The maximum absolute atomic E-state index is 8.94. The number of nitrogens with one attached hydrogen (secondary N) is 1. The van der Waals surface area contributed by atoms with Gasteiger partial charge in [-0.1, -0.05) is 30.8 Å². The second kappa shape index (κ2) is 5.50. The molecule has 0 aliphatic heterocycles. The van der Waals surface area contributed by atoms with Gasteiger partial charge in [-0.25, -0.2) is 0 Å². The Hall–Kier alpha value is -0.570. The fraction of sp³-hybridized carbons (Fsp3) is 0.917. The standard InChI is InChI=1S/C12H22N2O/c15-14-12-9-5-4-8-11(12)13-10-6-2-1-3-7-10/h10-11,13,15H,1-9H2/b14-12-/t11-/m0/s1. The fourth-order valence-electron chi connectivity index (χ4n) is 2.85. The van der Waals surface area contributed by atoms with Gasteiger partial charge in [0.1, 0.15) is 0 Å². The maximum Gasteiger partial charge on any atom is 0.0739 e. The Kier molecular flexibility index (Phi) is 4.01. The van der Waals surface area contributed by atoms with Crippen LogP contribution in [0.3, 0.4) is 0 Å².